The van der Waals surface area contributed by atoms with E-state index in [1.54, 1.807) is 26.4 Å². The van der Waals surface area contributed by atoms with E-state index in [2.05, 4.69) is 38.1 Å². The van der Waals surface area contributed by atoms with Crippen molar-refractivity contribution in [1.82, 2.24) is 0 Å². The molecule has 0 aliphatic heterocycles. The summed E-state index contributed by atoms with van der Waals surface area (Å²) >= 11 is 0. The zero-order chi connectivity index (χ0) is 26.8. The zero-order valence-corrected chi connectivity index (χ0v) is 20.7. The number of rotatable bonds is 9. The van der Waals surface area contributed by atoms with Gasteiger partial charge in [-0.1, -0.05) is 38.1 Å². The Balaban J connectivity index is 0.000000297. The van der Waals surface area contributed by atoms with Gasteiger partial charge in [-0.2, -0.15) is 0 Å². The molecule has 0 aliphatic carbocycles. The molecule has 0 fully saturated rings. The summed E-state index contributed by atoms with van der Waals surface area (Å²) in [5.41, 5.74) is 13.0. The summed E-state index contributed by atoms with van der Waals surface area (Å²) < 4.78 is 16.6. The normalized spacial score (nSPS) is 10.1. The van der Waals surface area contributed by atoms with Gasteiger partial charge in [0.2, 0.25) is 11.7 Å². The molecule has 0 aromatic heterocycles. The summed E-state index contributed by atoms with van der Waals surface area (Å²) in [5, 5.41) is 16.5. The summed E-state index contributed by atoms with van der Waals surface area (Å²) in [6.07, 6.45) is 1.25. The molecular weight excluding hydrogens is 462 g/mol. The first kappa shape index (κ1) is 27.7. The van der Waals surface area contributed by atoms with Gasteiger partial charge in [-0.15, -0.1) is 0 Å². The van der Waals surface area contributed by atoms with E-state index in [1.165, 1.54) is 23.9 Å². The summed E-state index contributed by atoms with van der Waals surface area (Å²) in [6.45, 7) is 4.77. The molecule has 0 heterocycles. The van der Waals surface area contributed by atoms with Crippen LogP contribution in [0.4, 0.5) is 0 Å². The van der Waals surface area contributed by atoms with Crippen LogP contribution in [0.15, 0.2) is 54.6 Å². The van der Waals surface area contributed by atoms with Crippen molar-refractivity contribution in [3.63, 3.8) is 0 Å². The number of hydrogen-bond acceptors (Lipinski definition) is 7. The number of carbonyl (C=O) groups excluding carboxylic acids is 2. The number of hydrogen-bond donors (Lipinski definition) is 4. The highest BCUT2D eigenvalue weighted by atomic mass is 16.5. The maximum absolute atomic E-state index is 10.7. The maximum atomic E-state index is 10.7. The summed E-state index contributed by atoms with van der Waals surface area (Å²) in [7, 11) is 3.15. The Kier molecular flexibility index (Phi) is 9.85. The highest BCUT2D eigenvalue weighted by molar-refractivity contribution is 6.00. The van der Waals surface area contributed by atoms with Gasteiger partial charge in [0.1, 0.15) is 12.4 Å². The van der Waals surface area contributed by atoms with Gasteiger partial charge in [0.25, 0.3) is 5.91 Å². The molecule has 0 radical (unpaired) electrons. The van der Waals surface area contributed by atoms with Crippen LogP contribution in [0.2, 0.25) is 0 Å². The summed E-state index contributed by atoms with van der Waals surface area (Å²) in [6, 6.07) is 15.6. The van der Waals surface area contributed by atoms with Gasteiger partial charge in [0.05, 0.1) is 19.8 Å². The molecule has 0 saturated heterocycles. The second-order valence-corrected chi connectivity index (χ2v) is 8.04. The van der Waals surface area contributed by atoms with Crippen LogP contribution in [0.3, 0.4) is 0 Å². The lowest BCUT2D eigenvalue weighted by Crippen LogP contribution is -2.15. The van der Waals surface area contributed by atoms with Gasteiger partial charge in [0, 0.05) is 11.8 Å². The highest BCUT2D eigenvalue weighted by Gasteiger charge is 2.14. The minimum atomic E-state index is -0.805. The van der Waals surface area contributed by atoms with Crippen molar-refractivity contribution < 1.29 is 28.9 Å². The van der Waals surface area contributed by atoms with Crippen molar-refractivity contribution in [1.29, 1.82) is 5.41 Å². The molecule has 3 rings (SSSR count). The lowest BCUT2D eigenvalue weighted by molar-refractivity contribution is 0.0997. The lowest BCUT2D eigenvalue weighted by Gasteiger charge is -2.15. The Hall–Kier alpha value is -4.53. The Morgan fingerprint density at radius 3 is 1.97 bits per heavy atom. The van der Waals surface area contributed by atoms with Crippen LogP contribution in [-0.4, -0.2) is 37.4 Å². The largest absolute Gasteiger partial charge is 0.507 e. The lowest BCUT2D eigenvalue weighted by atomic mass is 10.0. The van der Waals surface area contributed by atoms with Crippen LogP contribution in [0, 0.1) is 5.41 Å². The van der Waals surface area contributed by atoms with E-state index in [4.69, 9.17) is 36.2 Å². The molecular formula is C27H31N3O6. The standard InChI is InChI=1S/C19H23NO3.C8H8N2O3/c1-13(2)16-7-5-14(6-8-16)12-23-19-17(21-3)9-15(11-20)10-18(19)22-4;9-7(12)4-1-2-6(11)5(3-4)8(10)13/h5-11,13,20H,12H2,1-4H3;1-3,11H,(H2,9,12)(H2,10,13). The quantitative estimate of drug-likeness (QED) is 0.330. The molecule has 190 valence electrons. The van der Waals surface area contributed by atoms with Crippen LogP contribution in [0.1, 0.15) is 57.2 Å². The van der Waals surface area contributed by atoms with E-state index < -0.39 is 11.8 Å². The number of primary amides is 2. The smallest absolute Gasteiger partial charge is 0.252 e. The highest BCUT2D eigenvalue weighted by Crippen LogP contribution is 2.38. The maximum Gasteiger partial charge on any atom is 0.252 e. The average molecular weight is 494 g/mol. The molecule has 0 atom stereocenters. The average Bonchev–Trinajstić information content (AvgIpc) is 2.87. The fraction of sp³-hybridized carbons (Fsp3) is 0.222. The van der Waals surface area contributed by atoms with Crippen LogP contribution in [0.25, 0.3) is 0 Å². The van der Waals surface area contributed by atoms with Gasteiger partial charge in [-0.3, -0.25) is 9.59 Å². The van der Waals surface area contributed by atoms with Gasteiger partial charge < -0.3 is 36.2 Å². The van der Waals surface area contributed by atoms with Gasteiger partial charge in [-0.05, 0) is 52.9 Å². The van der Waals surface area contributed by atoms with Crippen LogP contribution >= 0.6 is 0 Å². The SMILES string of the molecule is COc1cc(C=N)cc(OC)c1OCc1ccc(C(C)C)cc1.NC(=O)c1ccc(O)c(C(N)=O)c1. The second kappa shape index (κ2) is 12.8. The Morgan fingerprint density at radius 1 is 0.944 bits per heavy atom. The van der Waals surface area contributed by atoms with Gasteiger partial charge in [-0.25, -0.2) is 0 Å². The number of ether oxygens (including phenoxy) is 3. The number of nitrogens with one attached hydrogen (secondary N) is 1. The van der Waals surface area contributed by atoms with Crippen molar-refractivity contribution in [3.8, 4) is 23.0 Å². The van der Waals surface area contributed by atoms with Gasteiger partial charge in [0.15, 0.2) is 11.5 Å². The molecule has 6 N–H and O–H groups in total. The predicted molar refractivity (Wildman–Crippen MR) is 137 cm³/mol. The van der Waals surface area contributed by atoms with E-state index in [-0.39, 0.29) is 16.9 Å². The molecule has 3 aromatic carbocycles. The van der Waals surface area contributed by atoms with Crippen LogP contribution in [-0.2, 0) is 6.61 Å². The predicted octanol–water partition coefficient (Wildman–Crippen LogP) is 3.99. The first-order chi connectivity index (χ1) is 17.1. The molecule has 2 amide bonds. The van der Waals surface area contributed by atoms with E-state index in [9.17, 15) is 9.59 Å². The number of amides is 2. The number of carbonyl (C=O) groups is 2. The number of nitrogens with two attached hydrogens (primary N) is 2. The first-order valence-electron chi connectivity index (χ1n) is 11.0. The summed E-state index contributed by atoms with van der Waals surface area (Å²) in [4.78, 5) is 21.4. The third kappa shape index (κ3) is 7.23. The monoisotopic (exact) mass is 493 g/mol. The van der Waals surface area contributed by atoms with E-state index in [0.29, 0.717) is 35.3 Å². The molecule has 0 unspecified atom stereocenters. The molecule has 9 nitrogen and oxygen atoms in total. The summed E-state index contributed by atoms with van der Waals surface area (Å²) in [5.74, 6) is 0.427. The van der Waals surface area contributed by atoms with Crippen molar-refractivity contribution in [3.05, 3.63) is 82.4 Å². The third-order valence-corrected chi connectivity index (χ3v) is 5.23. The molecule has 0 aliphatic rings. The number of phenols is 1. The molecule has 0 spiro atoms. The third-order valence-electron chi connectivity index (χ3n) is 5.23. The minimum absolute atomic E-state index is 0.115. The first-order valence-corrected chi connectivity index (χ1v) is 11.0. The minimum Gasteiger partial charge on any atom is -0.507 e. The van der Waals surface area contributed by atoms with E-state index in [1.807, 2.05) is 0 Å². The topological polar surface area (TPSA) is 158 Å². The molecule has 9 heteroatoms. The molecule has 0 bridgehead atoms. The van der Waals surface area contributed by atoms with Crippen molar-refractivity contribution in [2.75, 3.05) is 14.2 Å². The Bertz CT molecular complexity index is 1200. The fourth-order valence-corrected chi connectivity index (χ4v) is 3.17. The van der Waals surface area contributed by atoms with E-state index >= 15 is 0 Å². The number of aromatic hydroxyl groups is 1. The van der Waals surface area contributed by atoms with Crippen molar-refractivity contribution >= 4 is 18.0 Å². The van der Waals surface area contributed by atoms with E-state index in [0.717, 1.165) is 11.6 Å². The van der Waals surface area contributed by atoms with Crippen LogP contribution in [0.5, 0.6) is 23.0 Å². The fourth-order valence-electron chi connectivity index (χ4n) is 3.17. The van der Waals surface area contributed by atoms with Gasteiger partial charge >= 0.3 is 0 Å². The van der Waals surface area contributed by atoms with Crippen molar-refractivity contribution in [2.24, 2.45) is 11.5 Å². The molecule has 0 saturated carbocycles. The zero-order valence-electron chi connectivity index (χ0n) is 20.7. The number of benzene rings is 3. The molecule has 36 heavy (non-hydrogen) atoms. The second-order valence-electron chi connectivity index (χ2n) is 8.04. The molecule has 3 aromatic rings. The Morgan fingerprint density at radius 2 is 1.53 bits per heavy atom. The number of methoxy groups -OCH3 is 2. The Labute approximate surface area is 210 Å². The van der Waals surface area contributed by atoms with Crippen LogP contribution < -0.4 is 25.7 Å². The van der Waals surface area contributed by atoms with Crippen molar-refractivity contribution in [2.45, 2.75) is 26.4 Å².